The van der Waals surface area contributed by atoms with Gasteiger partial charge in [0.15, 0.2) is 0 Å². The quantitative estimate of drug-likeness (QED) is 0.526. The number of pyridine rings is 1. The first kappa shape index (κ1) is 25.2. The van der Waals surface area contributed by atoms with Gasteiger partial charge in [0.05, 0.1) is 37.1 Å². The van der Waals surface area contributed by atoms with E-state index in [1.807, 2.05) is 7.05 Å². The number of hydrogen-bond donors (Lipinski definition) is 3. The van der Waals surface area contributed by atoms with Gasteiger partial charge >= 0.3 is 17.8 Å². The van der Waals surface area contributed by atoms with Crippen LogP contribution < -0.4 is 16.5 Å². The minimum absolute atomic E-state index is 0.0273. The predicted molar refractivity (Wildman–Crippen MR) is 124 cm³/mol. The number of aromatic nitrogens is 2. The van der Waals surface area contributed by atoms with Crippen molar-refractivity contribution in [2.75, 3.05) is 26.9 Å². The Morgan fingerprint density at radius 2 is 2.06 bits per heavy atom. The van der Waals surface area contributed by atoms with Gasteiger partial charge < -0.3 is 9.84 Å². The second-order valence-corrected chi connectivity index (χ2v) is 10.6. The van der Waals surface area contributed by atoms with E-state index in [-0.39, 0.29) is 41.5 Å². The molecule has 198 valence electrons. The molecule has 3 N–H and O–H groups in total. The van der Waals surface area contributed by atoms with Crippen molar-refractivity contribution in [3.8, 4) is 0 Å². The summed E-state index contributed by atoms with van der Waals surface area (Å²) in [4.78, 5) is 26.5. The van der Waals surface area contributed by atoms with Gasteiger partial charge in [-0.3, -0.25) is 18.7 Å². The Hall–Kier alpha value is -2.41. The van der Waals surface area contributed by atoms with Crippen LogP contribution >= 0.6 is 0 Å². The molecule has 0 radical (unpaired) electrons. The lowest BCUT2D eigenvalue weighted by atomic mass is 9.64. The van der Waals surface area contributed by atoms with Crippen LogP contribution in [-0.2, 0) is 22.1 Å². The number of alkyl halides is 3. The Kier molecular flexibility index (Phi) is 6.64. The smallest absolute Gasteiger partial charge is 0.418 e. The summed E-state index contributed by atoms with van der Waals surface area (Å²) in [5.41, 5.74) is 4.97. The summed E-state index contributed by atoms with van der Waals surface area (Å²) >= 11 is 0. The van der Waals surface area contributed by atoms with E-state index in [0.717, 1.165) is 42.8 Å². The maximum Gasteiger partial charge on any atom is 0.418 e. The normalized spacial score (nSPS) is 26.8. The minimum Gasteiger partial charge on any atom is -0.481 e. The second kappa shape index (κ2) is 9.47. The third-order valence-corrected chi connectivity index (χ3v) is 8.20. The van der Waals surface area contributed by atoms with Gasteiger partial charge in [-0.1, -0.05) is 6.42 Å². The molecule has 5 rings (SSSR count). The fraction of sp³-hybridized carbons (Fsp3) is 0.667. The SMILES string of the molecule is CN1CNNC1CC1(C2CCCC(n3cc4c(C(F)(F)F)cc(CCC(=O)O)cn4c3=O)C2)COC1. The lowest BCUT2D eigenvalue weighted by Gasteiger charge is -2.51. The Labute approximate surface area is 206 Å². The zero-order valence-corrected chi connectivity index (χ0v) is 20.2. The first-order valence-corrected chi connectivity index (χ1v) is 12.4. The van der Waals surface area contributed by atoms with E-state index in [9.17, 15) is 22.8 Å². The molecule has 3 aliphatic rings. The van der Waals surface area contributed by atoms with Gasteiger partial charge in [0.25, 0.3) is 0 Å². The van der Waals surface area contributed by atoms with Crippen LogP contribution in [0, 0.1) is 11.3 Å². The Morgan fingerprint density at radius 1 is 1.28 bits per heavy atom. The number of imidazole rings is 1. The molecule has 2 aromatic rings. The molecule has 36 heavy (non-hydrogen) atoms. The molecule has 2 saturated heterocycles. The summed E-state index contributed by atoms with van der Waals surface area (Å²) in [5, 5.41) is 8.95. The fourth-order valence-corrected chi connectivity index (χ4v) is 6.10. The van der Waals surface area contributed by atoms with E-state index in [2.05, 4.69) is 15.8 Å². The average Bonchev–Trinajstić information content (AvgIpc) is 3.36. The second-order valence-electron chi connectivity index (χ2n) is 10.6. The predicted octanol–water partition coefficient (Wildman–Crippen LogP) is 2.60. The van der Waals surface area contributed by atoms with Crippen LogP contribution in [-0.4, -0.2) is 58.0 Å². The Morgan fingerprint density at radius 3 is 2.67 bits per heavy atom. The minimum atomic E-state index is -4.67. The summed E-state index contributed by atoms with van der Waals surface area (Å²) in [6, 6.07) is 0.760. The number of halogens is 3. The van der Waals surface area contributed by atoms with Crippen molar-refractivity contribution in [3.05, 3.63) is 40.1 Å². The number of hydrogen-bond acceptors (Lipinski definition) is 6. The number of fused-ring (bicyclic) bond motifs is 1. The summed E-state index contributed by atoms with van der Waals surface area (Å²) in [6.07, 6.45) is 2.00. The molecule has 3 fully saturated rings. The van der Waals surface area contributed by atoms with E-state index >= 15 is 0 Å². The molecule has 0 spiro atoms. The summed E-state index contributed by atoms with van der Waals surface area (Å²) in [5.74, 6) is -0.811. The molecule has 2 aliphatic heterocycles. The van der Waals surface area contributed by atoms with E-state index in [1.165, 1.54) is 17.0 Å². The van der Waals surface area contributed by atoms with Crippen LogP contribution in [0.15, 0.2) is 23.3 Å². The highest BCUT2D eigenvalue weighted by Crippen LogP contribution is 2.49. The zero-order chi connectivity index (χ0) is 25.7. The molecule has 3 unspecified atom stereocenters. The van der Waals surface area contributed by atoms with Crippen LogP contribution in [0.5, 0.6) is 0 Å². The van der Waals surface area contributed by atoms with Crippen molar-refractivity contribution in [1.82, 2.24) is 24.7 Å². The van der Waals surface area contributed by atoms with Crippen molar-refractivity contribution in [2.45, 2.75) is 63.3 Å². The number of carboxylic acids is 1. The number of rotatable bonds is 7. The van der Waals surface area contributed by atoms with Gasteiger partial charge in [-0.2, -0.15) is 13.2 Å². The highest BCUT2D eigenvalue weighted by atomic mass is 19.4. The van der Waals surface area contributed by atoms with E-state index in [4.69, 9.17) is 9.84 Å². The van der Waals surface area contributed by atoms with Gasteiger partial charge in [-0.15, -0.1) is 0 Å². The molecular formula is C24H32F3N5O4. The fourth-order valence-electron chi connectivity index (χ4n) is 6.10. The molecule has 9 nitrogen and oxygen atoms in total. The van der Waals surface area contributed by atoms with Crippen LogP contribution in [0.1, 0.15) is 55.7 Å². The Bertz CT molecular complexity index is 1190. The standard InChI is InChI=1S/C24H32F3N5O4/c1-30-14-28-29-20(30)9-23(12-36-13-23)16-3-2-4-17(8-16)31-11-19-18(24(25,26)27)7-15(5-6-21(33)34)10-32(19)22(31)35/h7,10-11,16-17,20,28-29H,2-6,8-9,12-14H2,1H3,(H,33,34). The molecule has 3 atom stereocenters. The number of nitrogens with zero attached hydrogens (tertiary/aromatic N) is 3. The van der Waals surface area contributed by atoms with Crippen LogP contribution in [0.4, 0.5) is 13.2 Å². The lowest BCUT2D eigenvalue weighted by molar-refractivity contribution is -0.167. The number of ether oxygens (including phenoxy) is 1. The van der Waals surface area contributed by atoms with E-state index in [0.29, 0.717) is 25.6 Å². The highest BCUT2D eigenvalue weighted by molar-refractivity contribution is 5.67. The summed E-state index contributed by atoms with van der Waals surface area (Å²) in [6.45, 7) is 2.04. The van der Waals surface area contributed by atoms with Gasteiger partial charge in [-0.25, -0.2) is 15.6 Å². The molecule has 1 saturated carbocycles. The lowest BCUT2D eigenvalue weighted by Crippen LogP contribution is -2.54. The van der Waals surface area contributed by atoms with Gasteiger partial charge in [0.2, 0.25) is 0 Å². The van der Waals surface area contributed by atoms with Gasteiger partial charge in [-0.05, 0) is 56.7 Å². The van der Waals surface area contributed by atoms with Crippen molar-refractivity contribution in [2.24, 2.45) is 11.3 Å². The molecule has 0 aromatic carbocycles. The first-order chi connectivity index (χ1) is 17.1. The van der Waals surface area contributed by atoms with Crippen LogP contribution in [0.3, 0.4) is 0 Å². The van der Waals surface area contributed by atoms with Crippen molar-refractivity contribution in [3.63, 3.8) is 0 Å². The molecule has 0 bridgehead atoms. The molecule has 4 heterocycles. The van der Waals surface area contributed by atoms with Crippen LogP contribution in [0.25, 0.3) is 5.52 Å². The molecule has 0 amide bonds. The van der Waals surface area contributed by atoms with Crippen molar-refractivity contribution in [1.29, 1.82) is 0 Å². The van der Waals surface area contributed by atoms with E-state index < -0.39 is 23.4 Å². The van der Waals surface area contributed by atoms with Crippen molar-refractivity contribution < 1.29 is 27.8 Å². The van der Waals surface area contributed by atoms with Gasteiger partial charge in [0, 0.05) is 30.3 Å². The third kappa shape index (κ3) is 4.67. The largest absolute Gasteiger partial charge is 0.481 e. The average molecular weight is 512 g/mol. The van der Waals surface area contributed by atoms with Gasteiger partial charge in [0.1, 0.15) is 0 Å². The van der Waals surface area contributed by atoms with Crippen LogP contribution in [0.2, 0.25) is 0 Å². The molecule has 2 aromatic heterocycles. The number of hydrazine groups is 1. The molecule has 12 heteroatoms. The topological polar surface area (TPSA) is 100 Å². The number of carbonyl (C=O) groups is 1. The number of aryl methyl sites for hydroxylation is 1. The number of nitrogens with one attached hydrogen (secondary N) is 2. The third-order valence-electron chi connectivity index (χ3n) is 8.20. The maximum atomic E-state index is 13.9. The number of carboxylic acid groups (broad SMARTS) is 1. The first-order valence-electron chi connectivity index (χ1n) is 12.4. The van der Waals surface area contributed by atoms with Crippen molar-refractivity contribution >= 4 is 11.5 Å². The zero-order valence-electron chi connectivity index (χ0n) is 20.2. The summed E-state index contributed by atoms with van der Waals surface area (Å²) < 4.78 is 49.9. The summed E-state index contributed by atoms with van der Waals surface area (Å²) in [7, 11) is 2.05. The maximum absolute atomic E-state index is 13.9. The monoisotopic (exact) mass is 511 g/mol. The highest BCUT2D eigenvalue weighted by Gasteiger charge is 2.49. The Balaban J connectivity index is 1.45. The van der Waals surface area contributed by atoms with E-state index in [1.54, 1.807) is 0 Å². The number of aliphatic carboxylic acids is 1. The molecule has 1 aliphatic carbocycles. The molecular weight excluding hydrogens is 479 g/mol.